The van der Waals surface area contributed by atoms with E-state index in [1.165, 1.54) is 0 Å². The number of carbonyl (C=O) groups is 1. The molecule has 0 saturated heterocycles. The van der Waals surface area contributed by atoms with Gasteiger partial charge in [0.15, 0.2) is 0 Å². The summed E-state index contributed by atoms with van der Waals surface area (Å²) in [6.07, 6.45) is 0.411. The van der Waals surface area contributed by atoms with E-state index in [1.54, 1.807) is 0 Å². The molecule has 0 aliphatic carbocycles. The summed E-state index contributed by atoms with van der Waals surface area (Å²) < 4.78 is 5.43. The summed E-state index contributed by atoms with van der Waals surface area (Å²) in [5.41, 5.74) is 1.51. The zero-order chi connectivity index (χ0) is 13.8. The van der Waals surface area contributed by atoms with Crippen molar-refractivity contribution >= 4 is 28.5 Å². The molecule has 0 radical (unpaired) electrons. The molecule has 0 atom stereocenters. The Morgan fingerprint density at radius 1 is 1.42 bits per heavy atom. The van der Waals surface area contributed by atoms with Gasteiger partial charge in [0.1, 0.15) is 10.9 Å². The Hall–Kier alpha value is -1.81. The maximum atomic E-state index is 10.6. The maximum absolute atomic E-state index is 10.6. The fourth-order valence-electron chi connectivity index (χ4n) is 1.85. The third-order valence-electron chi connectivity index (χ3n) is 2.73. The minimum absolute atomic E-state index is 0.0397. The summed E-state index contributed by atoms with van der Waals surface area (Å²) in [6.45, 7) is 2.51. The lowest BCUT2D eigenvalue weighted by Crippen LogP contribution is -1.99. The second-order valence-corrected chi connectivity index (χ2v) is 4.48. The first-order valence-electron chi connectivity index (χ1n) is 6.04. The first-order chi connectivity index (χ1) is 9.10. The van der Waals surface area contributed by atoms with Crippen LogP contribution in [0.1, 0.15) is 18.9 Å². The van der Waals surface area contributed by atoms with Gasteiger partial charge in [0.25, 0.3) is 0 Å². The smallest absolute Gasteiger partial charge is 0.303 e. The second-order valence-electron chi connectivity index (χ2n) is 4.12. The molecule has 100 valence electrons. The van der Waals surface area contributed by atoms with Crippen LogP contribution in [-0.2, 0) is 11.2 Å². The van der Waals surface area contributed by atoms with E-state index in [9.17, 15) is 4.79 Å². The van der Waals surface area contributed by atoms with Gasteiger partial charge < -0.3 is 9.84 Å². The molecule has 2 rings (SSSR count). The number of aromatic nitrogens is 1. The Bertz CT molecular complexity index is 613. The molecular weight excluding hydrogens is 266 g/mol. The zero-order valence-electron chi connectivity index (χ0n) is 10.5. The van der Waals surface area contributed by atoms with Gasteiger partial charge in [0, 0.05) is 11.8 Å². The van der Waals surface area contributed by atoms with Crippen molar-refractivity contribution in [3.63, 3.8) is 0 Å². The van der Waals surface area contributed by atoms with Crippen LogP contribution in [0, 0.1) is 0 Å². The molecule has 4 nitrogen and oxygen atoms in total. The van der Waals surface area contributed by atoms with Crippen LogP contribution in [0.2, 0.25) is 5.15 Å². The highest BCUT2D eigenvalue weighted by molar-refractivity contribution is 6.30. The van der Waals surface area contributed by atoms with Crippen molar-refractivity contribution in [2.45, 2.75) is 19.8 Å². The molecule has 0 amide bonds. The number of carboxylic acids is 1. The van der Waals surface area contributed by atoms with Crippen molar-refractivity contribution in [3.05, 3.63) is 35.0 Å². The predicted octanol–water partition coefficient (Wildman–Crippen LogP) is 3.30. The van der Waals surface area contributed by atoms with E-state index in [0.29, 0.717) is 18.2 Å². The molecule has 0 bridgehead atoms. The number of ether oxygens (including phenoxy) is 1. The van der Waals surface area contributed by atoms with Gasteiger partial charge in [-0.15, -0.1) is 0 Å². The molecule has 0 saturated carbocycles. The summed E-state index contributed by atoms with van der Waals surface area (Å²) in [6, 6.07) is 7.43. The number of hydrogen-bond acceptors (Lipinski definition) is 3. The van der Waals surface area contributed by atoms with Gasteiger partial charge in [-0.3, -0.25) is 4.79 Å². The van der Waals surface area contributed by atoms with E-state index in [0.717, 1.165) is 22.2 Å². The van der Waals surface area contributed by atoms with Gasteiger partial charge in [0.2, 0.25) is 0 Å². The molecule has 0 aliphatic heterocycles. The molecule has 5 heteroatoms. The van der Waals surface area contributed by atoms with Crippen LogP contribution in [0.25, 0.3) is 10.9 Å². The zero-order valence-corrected chi connectivity index (χ0v) is 11.3. The molecule has 0 fully saturated rings. The quantitative estimate of drug-likeness (QED) is 0.853. The van der Waals surface area contributed by atoms with Crippen LogP contribution in [0.3, 0.4) is 0 Å². The van der Waals surface area contributed by atoms with Crippen LogP contribution >= 0.6 is 11.6 Å². The fraction of sp³-hybridized carbons (Fsp3) is 0.286. The Balaban J connectivity index is 2.37. The van der Waals surface area contributed by atoms with Crippen LogP contribution in [0.4, 0.5) is 0 Å². The van der Waals surface area contributed by atoms with Gasteiger partial charge in [-0.1, -0.05) is 11.6 Å². The molecule has 1 aromatic heterocycles. The molecule has 1 aromatic carbocycles. The topological polar surface area (TPSA) is 59.4 Å². The standard InChI is InChI=1S/C14H14ClNO3/c1-2-19-11-4-5-12-10(8-11)7-9(14(15)16-12)3-6-13(17)18/h4-5,7-8H,2-3,6H2,1H3,(H,17,18). The summed E-state index contributed by atoms with van der Waals surface area (Å²) in [4.78, 5) is 14.9. The van der Waals surface area contributed by atoms with E-state index in [-0.39, 0.29) is 6.42 Å². The molecule has 0 spiro atoms. The Labute approximate surface area is 116 Å². The minimum atomic E-state index is -0.848. The number of nitrogens with zero attached hydrogens (tertiary/aromatic N) is 1. The van der Waals surface area contributed by atoms with E-state index in [2.05, 4.69) is 4.98 Å². The SMILES string of the molecule is CCOc1ccc2nc(Cl)c(CCC(=O)O)cc2c1. The molecule has 0 aliphatic rings. The van der Waals surface area contributed by atoms with E-state index < -0.39 is 5.97 Å². The first-order valence-corrected chi connectivity index (χ1v) is 6.41. The normalized spacial score (nSPS) is 10.6. The van der Waals surface area contributed by atoms with Crippen molar-refractivity contribution < 1.29 is 14.6 Å². The van der Waals surface area contributed by atoms with Gasteiger partial charge in [-0.25, -0.2) is 4.98 Å². The Kier molecular flexibility index (Phi) is 4.22. The number of halogens is 1. The third kappa shape index (κ3) is 3.35. The van der Waals surface area contributed by atoms with Crippen molar-refractivity contribution in [3.8, 4) is 5.75 Å². The molecule has 0 unspecified atom stereocenters. The highest BCUT2D eigenvalue weighted by Gasteiger charge is 2.08. The number of benzene rings is 1. The largest absolute Gasteiger partial charge is 0.494 e. The first kappa shape index (κ1) is 13.6. The fourth-order valence-corrected chi connectivity index (χ4v) is 2.09. The number of rotatable bonds is 5. The van der Waals surface area contributed by atoms with Crippen molar-refractivity contribution in [2.24, 2.45) is 0 Å². The molecule has 2 aromatic rings. The number of pyridine rings is 1. The number of hydrogen-bond donors (Lipinski definition) is 1. The molecule has 1 N–H and O–H groups in total. The summed E-state index contributed by atoms with van der Waals surface area (Å²) >= 11 is 6.05. The monoisotopic (exact) mass is 279 g/mol. The van der Waals surface area contributed by atoms with Crippen molar-refractivity contribution in [1.29, 1.82) is 0 Å². The highest BCUT2D eigenvalue weighted by atomic mass is 35.5. The minimum Gasteiger partial charge on any atom is -0.494 e. The second kappa shape index (κ2) is 5.89. The van der Waals surface area contributed by atoms with E-state index in [4.69, 9.17) is 21.4 Å². The Morgan fingerprint density at radius 3 is 2.89 bits per heavy atom. The highest BCUT2D eigenvalue weighted by Crippen LogP contribution is 2.25. The lowest BCUT2D eigenvalue weighted by atomic mass is 10.1. The summed E-state index contributed by atoms with van der Waals surface area (Å²) in [5.74, 6) is -0.0810. The number of fused-ring (bicyclic) bond motifs is 1. The summed E-state index contributed by atoms with van der Waals surface area (Å²) in [7, 11) is 0. The van der Waals surface area contributed by atoms with E-state index >= 15 is 0 Å². The van der Waals surface area contributed by atoms with Crippen LogP contribution in [0.5, 0.6) is 5.75 Å². The van der Waals surface area contributed by atoms with Gasteiger partial charge in [0.05, 0.1) is 12.1 Å². The van der Waals surface area contributed by atoms with Crippen molar-refractivity contribution in [1.82, 2.24) is 4.98 Å². The molecule has 19 heavy (non-hydrogen) atoms. The van der Waals surface area contributed by atoms with Crippen LogP contribution < -0.4 is 4.74 Å². The number of carboxylic acid groups (broad SMARTS) is 1. The maximum Gasteiger partial charge on any atom is 0.303 e. The lowest BCUT2D eigenvalue weighted by Gasteiger charge is -2.07. The van der Waals surface area contributed by atoms with Gasteiger partial charge in [-0.05, 0) is 43.2 Å². The average Bonchev–Trinajstić information content (AvgIpc) is 2.37. The molecular formula is C14H14ClNO3. The average molecular weight is 280 g/mol. The van der Waals surface area contributed by atoms with Crippen molar-refractivity contribution in [2.75, 3.05) is 6.61 Å². The summed E-state index contributed by atoms with van der Waals surface area (Å²) in [5, 5.41) is 9.97. The Morgan fingerprint density at radius 2 is 2.21 bits per heavy atom. The number of aliphatic carboxylic acids is 1. The van der Waals surface area contributed by atoms with Gasteiger partial charge >= 0.3 is 5.97 Å². The lowest BCUT2D eigenvalue weighted by molar-refractivity contribution is -0.136. The predicted molar refractivity (Wildman–Crippen MR) is 73.9 cm³/mol. The van der Waals surface area contributed by atoms with Crippen LogP contribution in [-0.4, -0.2) is 22.7 Å². The third-order valence-corrected chi connectivity index (χ3v) is 3.06. The number of aryl methyl sites for hydroxylation is 1. The van der Waals surface area contributed by atoms with Gasteiger partial charge in [-0.2, -0.15) is 0 Å². The van der Waals surface area contributed by atoms with E-state index in [1.807, 2.05) is 31.2 Å². The molecule has 1 heterocycles. The van der Waals surface area contributed by atoms with Crippen LogP contribution in [0.15, 0.2) is 24.3 Å².